The van der Waals surface area contributed by atoms with Gasteiger partial charge in [-0.2, -0.15) is 0 Å². The number of nitrogens with one attached hydrogen (secondary N) is 1. The van der Waals surface area contributed by atoms with Gasteiger partial charge in [-0.05, 0) is 38.5 Å². The molecule has 0 saturated heterocycles. The van der Waals surface area contributed by atoms with Gasteiger partial charge in [-0.15, -0.1) is 0 Å². The number of hydrogen-bond donors (Lipinski definition) is 2. The lowest BCUT2D eigenvalue weighted by molar-refractivity contribution is -0.122. The molecule has 0 aliphatic carbocycles. The minimum absolute atomic E-state index is 0.166. The first-order valence-electron chi connectivity index (χ1n) is 9.03. The Bertz CT molecular complexity index is 787. The summed E-state index contributed by atoms with van der Waals surface area (Å²) in [6.45, 7) is 6.91. The van der Waals surface area contributed by atoms with E-state index in [2.05, 4.69) is 5.32 Å². The van der Waals surface area contributed by atoms with Crippen LogP contribution in [0, 0.1) is 6.92 Å². The fraction of sp³-hybridized carbons (Fsp3) is 0.381. The monoisotopic (exact) mass is 354 g/mol. The molecular formula is C21H26N2O3. The van der Waals surface area contributed by atoms with Gasteiger partial charge in [0.2, 0.25) is 5.91 Å². The van der Waals surface area contributed by atoms with Crippen molar-refractivity contribution in [3.05, 3.63) is 58.7 Å². The predicted molar refractivity (Wildman–Crippen MR) is 101 cm³/mol. The van der Waals surface area contributed by atoms with Crippen molar-refractivity contribution < 1.29 is 14.3 Å². The van der Waals surface area contributed by atoms with Crippen LogP contribution in [0.5, 0.6) is 11.5 Å². The maximum Gasteiger partial charge on any atom is 0.241 e. The van der Waals surface area contributed by atoms with E-state index in [4.69, 9.17) is 15.2 Å². The molecule has 1 aliphatic heterocycles. The Hall–Kier alpha value is -2.53. The number of benzene rings is 2. The fourth-order valence-electron chi connectivity index (χ4n) is 3.13. The van der Waals surface area contributed by atoms with Gasteiger partial charge in [0.05, 0.1) is 6.61 Å². The van der Waals surface area contributed by atoms with Crippen LogP contribution in [0.15, 0.2) is 36.4 Å². The largest absolute Gasteiger partial charge is 0.494 e. The van der Waals surface area contributed by atoms with Crippen LogP contribution in [0.25, 0.3) is 0 Å². The van der Waals surface area contributed by atoms with E-state index in [0.717, 1.165) is 40.2 Å². The zero-order valence-corrected chi connectivity index (χ0v) is 15.5. The highest BCUT2D eigenvalue weighted by Crippen LogP contribution is 2.35. The maximum atomic E-state index is 12.4. The second kappa shape index (κ2) is 7.79. The van der Waals surface area contributed by atoms with E-state index >= 15 is 0 Å². The normalized spacial score (nSPS) is 16.5. The van der Waals surface area contributed by atoms with E-state index in [0.29, 0.717) is 13.2 Å². The number of carbonyl (C=O) groups excluding carboxylic acids is 1. The van der Waals surface area contributed by atoms with Crippen LogP contribution in [-0.4, -0.2) is 18.6 Å². The summed E-state index contributed by atoms with van der Waals surface area (Å²) in [5, 5.41) is 2.91. The summed E-state index contributed by atoms with van der Waals surface area (Å²) < 4.78 is 11.6. The molecule has 5 nitrogen and oxygen atoms in total. The van der Waals surface area contributed by atoms with Crippen LogP contribution >= 0.6 is 0 Å². The number of nitrogens with two attached hydrogens (primary N) is 1. The summed E-state index contributed by atoms with van der Waals surface area (Å²) >= 11 is 0. The third kappa shape index (κ3) is 3.99. The predicted octanol–water partition coefficient (Wildman–Crippen LogP) is 3.03. The van der Waals surface area contributed by atoms with Crippen molar-refractivity contribution in [3.63, 3.8) is 0 Å². The van der Waals surface area contributed by atoms with Crippen LogP contribution in [-0.2, 0) is 17.8 Å². The van der Waals surface area contributed by atoms with Gasteiger partial charge in [-0.3, -0.25) is 4.79 Å². The molecule has 0 saturated carbocycles. The molecule has 5 heteroatoms. The van der Waals surface area contributed by atoms with Gasteiger partial charge in [0.15, 0.2) is 0 Å². The Balaban J connectivity index is 1.71. The number of rotatable bonds is 6. The molecule has 1 heterocycles. The second-order valence-corrected chi connectivity index (χ2v) is 6.74. The van der Waals surface area contributed by atoms with Crippen molar-refractivity contribution in [2.24, 2.45) is 5.73 Å². The molecule has 3 N–H and O–H groups in total. The Kier molecular flexibility index (Phi) is 5.47. The fourth-order valence-corrected chi connectivity index (χ4v) is 3.13. The SMILES string of the molecule is CCOc1cc2c(cc1CNC(=O)C(N)c1ccc(C)cc1)OC(C)C2. The van der Waals surface area contributed by atoms with Crippen molar-refractivity contribution in [1.29, 1.82) is 0 Å². The van der Waals surface area contributed by atoms with Gasteiger partial charge in [-0.25, -0.2) is 0 Å². The Morgan fingerprint density at radius 1 is 1.35 bits per heavy atom. The van der Waals surface area contributed by atoms with Crippen LogP contribution in [0.3, 0.4) is 0 Å². The third-order valence-corrected chi connectivity index (χ3v) is 4.55. The number of aryl methyl sites for hydroxylation is 1. The Morgan fingerprint density at radius 2 is 2.08 bits per heavy atom. The zero-order valence-electron chi connectivity index (χ0n) is 15.5. The molecular weight excluding hydrogens is 328 g/mol. The lowest BCUT2D eigenvalue weighted by atomic mass is 10.0. The molecule has 0 radical (unpaired) electrons. The summed E-state index contributed by atoms with van der Waals surface area (Å²) in [4.78, 5) is 12.4. The average Bonchev–Trinajstić information content (AvgIpc) is 2.98. The van der Waals surface area contributed by atoms with E-state index in [9.17, 15) is 4.79 Å². The minimum Gasteiger partial charge on any atom is -0.494 e. The highest BCUT2D eigenvalue weighted by Gasteiger charge is 2.22. The molecule has 0 aromatic heterocycles. The minimum atomic E-state index is -0.697. The molecule has 26 heavy (non-hydrogen) atoms. The quantitative estimate of drug-likeness (QED) is 0.836. The third-order valence-electron chi connectivity index (χ3n) is 4.55. The smallest absolute Gasteiger partial charge is 0.241 e. The first-order chi connectivity index (χ1) is 12.5. The Labute approximate surface area is 154 Å². The summed E-state index contributed by atoms with van der Waals surface area (Å²) in [6, 6.07) is 11.0. The van der Waals surface area contributed by atoms with E-state index in [1.54, 1.807) is 0 Å². The van der Waals surface area contributed by atoms with Gasteiger partial charge in [0.25, 0.3) is 0 Å². The topological polar surface area (TPSA) is 73.6 Å². The summed E-state index contributed by atoms with van der Waals surface area (Å²) in [7, 11) is 0. The van der Waals surface area contributed by atoms with Crippen molar-refractivity contribution in [3.8, 4) is 11.5 Å². The standard InChI is InChI=1S/C21H26N2O3/c1-4-25-18-10-16-9-14(3)26-19(16)11-17(18)12-23-21(24)20(22)15-7-5-13(2)6-8-15/h5-8,10-11,14,20H,4,9,12,22H2,1-3H3,(H,23,24). The van der Waals surface area contributed by atoms with Gasteiger partial charge in [0.1, 0.15) is 23.6 Å². The van der Waals surface area contributed by atoms with Crippen LogP contribution in [0.4, 0.5) is 0 Å². The lowest BCUT2D eigenvalue weighted by Gasteiger charge is -2.16. The molecule has 0 fully saturated rings. The zero-order chi connectivity index (χ0) is 18.7. The molecule has 0 spiro atoms. The van der Waals surface area contributed by atoms with Crippen LogP contribution in [0.1, 0.15) is 42.1 Å². The number of amides is 1. The van der Waals surface area contributed by atoms with Gasteiger partial charge in [0, 0.05) is 24.1 Å². The van der Waals surface area contributed by atoms with E-state index in [1.807, 2.05) is 57.2 Å². The van der Waals surface area contributed by atoms with Crippen molar-refractivity contribution in [2.45, 2.75) is 45.9 Å². The maximum absolute atomic E-state index is 12.4. The highest BCUT2D eigenvalue weighted by atomic mass is 16.5. The van der Waals surface area contributed by atoms with E-state index in [-0.39, 0.29) is 12.0 Å². The molecule has 1 aliphatic rings. The number of hydrogen-bond acceptors (Lipinski definition) is 4. The average molecular weight is 354 g/mol. The highest BCUT2D eigenvalue weighted by molar-refractivity contribution is 5.83. The van der Waals surface area contributed by atoms with Crippen LogP contribution in [0.2, 0.25) is 0 Å². The number of carbonyl (C=O) groups is 1. The molecule has 2 aromatic rings. The summed E-state index contributed by atoms with van der Waals surface area (Å²) in [6.07, 6.45) is 1.04. The molecule has 3 rings (SSSR count). The molecule has 2 atom stereocenters. The Morgan fingerprint density at radius 3 is 2.77 bits per heavy atom. The molecule has 2 unspecified atom stereocenters. The van der Waals surface area contributed by atoms with Crippen molar-refractivity contribution >= 4 is 5.91 Å². The molecule has 138 valence electrons. The first kappa shape index (κ1) is 18.3. The number of ether oxygens (including phenoxy) is 2. The first-order valence-corrected chi connectivity index (χ1v) is 9.03. The molecule has 0 bridgehead atoms. The van der Waals surface area contributed by atoms with Gasteiger partial charge in [-0.1, -0.05) is 29.8 Å². The number of fused-ring (bicyclic) bond motifs is 1. The van der Waals surface area contributed by atoms with Gasteiger partial charge < -0.3 is 20.5 Å². The van der Waals surface area contributed by atoms with Crippen molar-refractivity contribution in [1.82, 2.24) is 5.32 Å². The van der Waals surface area contributed by atoms with Crippen LogP contribution < -0.4 is 20.5 Å². The van der Waals surface area contributed by atoms with E-state index in [1.165, 1.54) is 0 Å². The second-order valence-electron chi connectivity index (χ2n) is 6.74. The van der Waals surface area contributed by atoms with Gasteiger partial charge >= 0.3 is 0 Å². The summed E-state index contributed by atoms with van der Waals surface area (Å²) in [5.41, 5.74) is 10.1. The molecule has 1 amide bonds. The van der Waals surface area contributed by atoms with Crippen molar-refractivity contribution in [2.75, 3.05) is 6.61 Å². The summed E-state index contributed by atoms with van der Waals surface area (Å²) in [5.74, 6) is 1.44. The molecule has 2 aromatic carbocycles. The van der Waals surface area contributed by atoms with E-state index < -0.39 is 6.04 Å². The lowest BCUT2D eigenvalue weighted by Crippen LogP contribution is -2.33.